The van der Waals surface area contributed by atoms with Gasteiger partial charge in [-0.3, -0.25) is 4.79 Å². The molecule has 0 aliphatic carbocycles. The van der Waals surface area contributed by atoms with Crippen molar-refractivity contribution in [2.75, 3.05) is 40.3 Å². The molecule has 0 aromatic carbocycles. The molecule has 0 aliphatic heterocycles. The van der Waals surface area contributed by atoms with Crippen molar-refractivity contribution in [1.82, 2.24) is 15.5 Å². The lowest BCUT2D eigenvalue weighted by Crippen LogP contribution is -2.39. The molecule has 23 heavy (non-hydrogen) atoms. The van der Waals surface area contributed by atoms with Crippen molar-refractivity contribution in [3.63, 3.8) is 0 Å². The molecule has 0 saturated heterocycles. The van der Waals surface area contributed by atoms with Gasteiger partial charge in [0.15, 0.2) is 5.96 Å². The smallest absolute Gasteiger partial charge is 0.243 e. The van der Waals surface area contributed by atoms with Gasteiger partial charge < -0.3 is 20.3 Å². The average Bonchev–Trinajstić information content (AvgIpc) is 2.46. The number of hydrogen-bond donors (Lipinski definition) is 2. The molecule has 0 rings (SSSR count). The lowest BCUT2D eigenvalue weighted by molar-refractivity contribution is -0.127. The van der Waals surface area contributed by atoms with Crippen LogP contribution in [0, 0.1) is 0 Å². The summed E-state index contributed by atoms with van der Waals surface area (Å²) in [6, 6.07) is 0. The van der Waals surface area contributed by atoms with Crippen LogP contribution >= 0.6 is 24.0 Å². The van der Waals surface area contributed by atoms with Crippen LogP contribution in [0.4, 0.5) is 0 Å². The molecule has 0 fully saturated rings. The number of rotatable bonds is 11. The maximum atomic E-state index is 11.6. The third-order valence-corrected chi connectivity index (χ3v) is 3.01. The van der Waals surface area contributed by atoms with Crippen LogP contribution in [-0.2, 0) is 9.53 Å². The van der Waals surface area contributed by atoms with Crippen LogP contribution in [0.25, 0.3) is 0 Å². The normalized spacial score (nSPS) is 11.1. The van der Waals surface area contributed by atoms with Crippen LogP contribution in [0.5, 0.6) is 0 Å². The van der Waals surface area contributed by atoms with Crippen molar-refractivity contribution >= 4 is 35.8 Å². The number of amides is 1. The van der Waals surface area contributed by atoms with Crippen molar-refractivity contribution in [2.45, 2.75) is 52.6 Å². The molecule has 0 spiro atoms. The fraction of sp³-hybridized carbons (Fsp3) is 0.875. The summed E-state index contributed by atoms with van der Waals surface area (Å²) in [6.07, 6.45) is 4.54. The molecule has 7 heteroatoms. The molecule has 0 aromatic rings. The van der Waals surface area contributed by atoms with Crippen LogP contribution in [0.1, 0.15) is 46.5 Å². The number of aliphatic imine (C=N–C) groups is 1. The number of likely N-dealkylation sites (N-methyl/N-ethyl adjacent to an activating group) is 1. The molecule has 0 heterocycles. The highest BCUT2D eigenvalue weighted by molar-refractivity contribution is 14.0. The van der Waals surface area contributed by atoms with E-state index in [2.05, 4.69) is 22.5 Å². The first-order chi connectivity index (χ1) is 10.5. The Labute approximate surface area is 158 Å². The van der Waals surface area contributed by atoms with Crippen molar-refractivity contribution in [1.29, 1.82) is 0 Å². The molecule has 0 radical (unpaired) electrons. The van der Waals surface area contributed by atoms with Gasteiger partial charge in [0.2, 0.25) is 5.91 Å². The molecule has 0 unspecified atom stereocenters. The van der Waals surface area contributed by atoms with E-state index >= 15 is 0 Å². The molecular formula is C16H35IN4O2. The standard InChI is InChI=1S/C16H34N4O2.HI/c1-6-7-10-17-16(19-13-15(21)20(4)5)18-11-8-9-12-22-14(2)3;/h14H,6-13H2,1-5H3,(H2,17,18,19);1H. The average molecular weight is 442 g/mol. The second-order valence-corrected chi connectivity index (χ2v) is 5.79. The lowest BCUT2D eigenvalue weighted by Gasteiger charge is -2.14. The predicted octanol–water partition coefficient (Wildman–Crippen LogP) is 2.23. The summed E-state index contributed by atoms with van der Waals surface area (Å²) in [6.45, 7) is 8.89. The molecule has 0 aromatic heterocycles. The first-order valence-electron chi connectivity index (χ1n) is 8.31. The van der Waals surface area contributed by atoms with Gasteiger partial charge in [-0.25, -0.2) is 4.99 Å². The first kappa shape index (κ1) is 24.7. The van der Waals surface area contributed by atoms with E-state index < -0.39 is 0 Å². The van der Waals surface area contributed by atoms with E-state index in [0.717, 1.165) is 45.4 Å². The van der Waals surface area contributed by atoms with Crippen LogP contribution in [-0.4, -0.2) is 63.2 Å². The van der Waals surface area contributed by atoms with Crippen molar-refractivity contribution in [3.05, 3.63) is 0 Å². The highest BCUT2D eigenvalue weighted by Gasteiger charge is 2.04. The Kier molecular flexibility index (Phi) is 17.5. The van der Waals surface area contributed by atoms with E-state index in [0.29, 0.717) is 5.96 Å². The number of unbranched alkanes of at least 4 members (excludes halogenated alkanes) is 2. The second-order valence-electron chi connectivity index (χ2n) is 5.79. The summed E-state index contributed by atoms with van der Waals surface area (Å²) in [5.74, 6) is 0.718. The van der Waals surface area contributed by atoms with Gasteiger partial charge in [-0.1, -0.05) is 13.3 Å². The first-order valence-corrected chi connectivity index (χ1v) is 8.31. The molecule has 138 valence electrons. The highest BCUT2D eigenvalue weighted by Crippen LogP contribution is 1.93. The minimum absolute atomic E-state index is 0. The van der Waals surface area contributed by atoms with Gasteiger partial charge in [-0.05, 0) is 33.1 Å². The fourth-order valence-electron chi connectivity index (χ4n) is 1.60. The van der Waals surface area contributed by atoms with Crippen molar-refractivity contribution in [2.24, 2.45) is 4.99 Å². The SMILES string of the molecule is CCCCNC(=NCC(=O)N(C)C)NCCCCOC(C)C.I. The summed E-state index contributed by atoms with van der Waals surface area (Å²) in [4.78, 5) is 17.5. The fourth-order valence-corrected chi connectivity index (χ4v) is 1.60. The highest BCUT2D eigenvalue weighted by atomic mass is 127. The predicted molar refractivity (Wildman–Crippen MR) is 108 cm³/mol. The Morgan fingerprint density at radius 1 is 1.13 bits per heavy atom. The number of nitrogens with one attached hydrogen (secondary N) is 2. The van der Waals surface area contributed by atoms with Gasteiger partial charge in [0.25, 0.3) is 0 Å². The summed E-state index contributed by atoms with van der Waals surface area (Å²) >= 11 is 0. The van der Waals surface area contributed by atoms with E-state index in [9.17, 15) is 4.79 Å². The summed E-state index contributed by atoms with van der Waals surface area (Å²) in [7, 11) is 3.48. The van der Waals surface area contributed by atoms with Gasteiger partial charge in [0.1, 0.15) is 6.54 Å². The van der Waals surface area contributed by atoms with Gasteiger partial charge in [-0.15, -0.1) is 24.0 Å². The van der Waals surface area contributed by atoms with E-state index in [-0.39, 0.29) is 42.5 Å². The number of hydrogen-bond acceptors (Lipinski definition) is 3. The summed E-state index contributed by atoms with van der Waals surface area (Å²) < 4.78 is 5.51. The molecule has 0 atom stereocenters. The molecule has 6 nitrogen and oxygen atoms in total. The van der Waals surface area contributed by atoms with Gasteiger partial charge in [0.05, 0.1) is 6.10 Å². The van der Waals surface area contributed by atoms with E-state index in [1.165, 1.54) is 0 Å². The van der Waals surface area contributed by atoms with E-state index in [1.54, 1.807) is 19.0 Å². The molecule has 1 amide bonds. The van der Waals surface area contributed by atoms with Crippen LogP contribution in [0.3, 0.4) is 0 Å². The molecular weight excluding hydrogens is 407 g/mol. The minimum Gasteiger partial charge on any atom is -0.379 e. The molecule has 0 saturated carbocycles. The van der Waals surface area contributed by atoms with Crippen LogP contribution < -0.4 is 10.6 Å². The number of halogens is 1. The molecule has 2 N–H and O–H groups in total. The Bertz CT molecular complexity index is 323. The Balaban J connectivity index is 0. The Morgan fingerprint density at radius 2 is 1.74 bits per heavy atom. The maximum Gasteiger partial charge on any atom is 0.243 e. The third-order valence-electron chi connectivity index (χ3n) is 3.01. The van der Waals surface area contributed by atoms with Crippen molar-refractivity contribution in [3.8, 4) is 0 Å². The van der Waals surface area contributed by atoms with Crippen LogP contribution in [0.15, 0.2) is 4.99 Å². The van der Waals surface area contributed by atoms with Gasteiger partial charge in [-0.2, -0.15) is 0 Å². The second kappa shape index (κ2) is 16.3. The zero-order valence-electron chi connectivity index (χ0n) is 15.4. The molecule has 0 aliphatic rings. The monoisotopic (exact) mass is 442 g/mol. The largest absolute Gasteiger partial charge is 0.379 e. The van der Waals surface area contributed by atoms with Gasteiger partial charge in [0, 0.05) is 33.8 Å². The topological polar surface area (TPSA) is 66.0 Å². The Morgan fingerprint density at radius 3 is 2.26 bits per heavy atom. The van der Waals surface area contributed by atoms with E-state index in [4.69, 9.17) is 4.74 Å². The summed E-state index contributed by atoms with van der Waals surface area (Å²) in [5.41, 5.74) is 0. The number of carbonyl (C=O) groups is 1. The number of carbonyl (C=O) groups excluding carboxylic acids is 1. The Hall–Kier alpha value is -0.570. The summed E-state index contributed by atoms with van der Waals surface area (Å²) in [5, 5.41) is 6.53. The zero-order valence-corrected chi connectivity index (χ0v) is 17.7. The van der Waals surface area contributed by atoms with Gasteiger partial charge >= 0.3 is 0 Å². The van der Waals surface area contributed by atoms with Crippen molar-refractivity contribution < 1.29 is 9.53 Å². The minimum atomic E-state index is 0. The number of ether oxygens (including phenoxy) is 1. The van der Waals surface area contributed by atoms with E-state index in [1.807, 2.05) is 13.8 Å². The van der Waals surface area contributed by atoms with Crippen LogP contribution in [0.2, 0.25) is 0 Å². The zero-order chi connectivity index (χ0) is 16.8. The number of guanidine groups is 1. The maximum absolute atomic E-state index is 11.6. The quantitative estimate of drug-likeness (QED) is 0.223. The number of nitrogens with zero attached hydrogens (tertiary/aromatic N) is 2. The lowest BCUT2D eigenvalue weighted by atomic mass is 10.3. The molecule has 0 bridgehead atoms. The third kappa shape index (κ3) is 16.1.